The fourth-order valence-corrected chi connectivity index (χ4v) is 2.21. The smallest absolute Gasteiger partial charge is 0.0683 e. The second-order valence-corrected chi connectivity index (χ2v) is 4.08. The molecule has 14 heavy (non-hydrogen) atoms. The van der Waals surface area contributed by atoms with E-state index in [0.29, 0.717) is 5.92 Å². The van der Waals surface area contributed by atoms with Crippen molar-refractivity contribution in [3.63, 3.8) is 0 Å². The topological polar surface area (TPSA) is 33.1 Å². The summed E-state index contributed by atoms with van der Waals surface area (Å²) in [6.45, 7) is 0.127. The van der Waals surface area contributed by atoms with Gasteiger partial charge in [0, 0.05) is 17.8 Å². The van der Waals surface area contributed by atoms with E-state index in [1.807, 2.05) is 12.3 Å². The van der Waals surface area contributed by atoms with E-state index in [1.165, 1.54) is 37.8 Å². The second kappa shape index (κ2) is 4.56. The molecule has 0 aromatic carbocycles. The molecule has 2 rings (SSSR count). The van der Waals surface area contributed by atoms with Crippen LogP contribution in [0.5, 0.6) is 0 Å². The van der Waals surface area contributed by atoms with E-state index in [9.17, 15) is 0 Å². The van der Waals surface area contributed by atoms with Crippen LogP contribution in [0.25, 0.3) is 0 Å². The first-order chi connectivity index (χ1) is 6.90. The summed E-state index contributed by atoms with van der Waals surface area (Å²) in [5, 5.41) is 9.03. The normalized spacial score (nSPS) is 18.4. The summed E-state index contributed by atoms with van der Waals surface area (Å²) < 4.78 is 0. The molecule has 0 atom stereocenters. The zero-order valence-electron chi connectivity index (χ0n) is 8.45. The van der Waals surface area contributed by atoms with Crippen LogP contribution in [0.15, 0.2) is 18.3 Å². The molecule has 0 spiro atoms. The number of aliphatic hydroxyl groups excluding tert-OH is 1. The molecule has 0 radical (unpaired) electrons. The van der Waals surface area contributed by atoms with E-state index < -0.39 is 0 Å². The predicted octanol–water partition coefficient (Wildman–Crippen LogP) is 2.62. The highest BCUT2D eigenvalue weighted by molar-refractivity contribution is 5.18. The number of hydrogen-bond donors (Lipinski definition) is 1. The Morgan fingerprint density at radius 2 is 2.07 bits per heavy atom. The van der Waals surface area contributed by atoms with Crippen LogP contribution in [0.4, 0.5) is 0 Å². The third kappa shape index (κ3) is 2.13. The van der Waals surface area contributed by atoms with Crippen molar-refractivity contribution < 1.29 is 5.11 Å². The van der Waals surface area contributed by atoms with Gasteiger partial charge in [-0.25, -0.2) is 0 Å². The molecule has 2 nitrogen and oxygen atoms in total. The number of nitrogens with zero attached hydrogens (tertiary/aromatic N) is 1. The molecular formula is C12H17NO. The molecule has 1 heterocycles. The molecule has 0 unspecified atom stereocenters. The van der Waals surface area contributed by atoms with Gasteiger partial charge >= 0.3 is 0 Å². The monoisotopic (exact) mass is 191 g/mol. The molecule has 0 saturated heterocycles. The minimum Gasteiger partial charge on any atom is -0.392 e. The Morgan fingerprint density at radius 1 is 1.29 bits per heavy atom. The molecule has 1 aliphatic rings. The van der Waals surface area contributed by atoms with Crippen molar-refractivity contribution in [2.45, 2.75) is 44.6 Å². The van der Waals surface area contributed by atoms with Crippen molar-refractivity contribution in [1.29, 1.82) is 0 Å². The number of aromatic nitrogens is 1. The van der Waals surface area contributed by atoms with Gasteiger partial charge in [0.1, 0.15) is 0 Å². The van der Waals surface area contributed by atoms with Gasteiger partial charge in [0.2, 0.25) is 0 Å². The van der Waals surface area contributed by atoms with E-state index >= 15 is 0 Å². The molecule has 1 N–H and O–H groups in total. The van der Waals surface area contributed by atoms with Gasteiger partial charge in [0.05, 0.1) is 6.61 Å². The van der Waals surface area contributed by atoms with Crippen LogP contribution in [-0.4, -0.2) is 10.1 Å². The summed E-state index contributed by atoms with van der Waals surface area (Å²) in [6, 6.07) is 3.93. The number of aliphatic hydroxyl groups is 1. The lowest BCUT2D eigenvalue weighted by atomic mass is 9.86. The quantitative estimate of drug-likeness (QED) is 0.779. The molecule has 2 heteroatoms. The first kappa shape index (κ1) is 9.66. The lowest BCUT2D eigenvalue weighted by molar-refractivity contribution is 0.281. The maximum atomic E-state index is 9.03. The molecule has 1 aromatic heterocycles. The summed E-state index contributed by atoms with van der Waals surface area (Å²) in [5.41, 5.74) is 2.16. The Kier molecular flexibility index (Phi) is 3.14. The first-order valence-corrected chi connectivity index (χ1v) is 5.46. The average molecular weight is 191 g/mol. The van der Waals surface area contributed by atoms with Crippen LogP contribution in [0.3, 0.4) is 0 Å². The number of hydrogen-bond acceptors (Lipinski definition) is 2. The van der Waals surface area contributed by atoms with E-state index in [1.54, 1.807) is 0 Å². The van der Waals surface area contributed by atoms with E-state index in [4.69, 9.17) is 5.11 Å². The summed E-state index contributed by atoms with van der Waals surface area (Å²) in [4.78, 5) is 4.40. The molecule has 0 aliphatic heterocycles. The third-order valence-corrected chi connectivity index (χ3v) is 3.05. The van der Waals surface area contributed by atoms with Crippen LogP contribution >= 0.6 is 0 Å². The zero-order chi connectivity index (χ0) is 9.80. The van der Waals surface area contributed by atoms with Gasteiger partial charge in [-0.05, 0) is 30.5 Å². The highest BCUT2D eigenvalue weighted by Gasteiger charge is 2.16. The van der Waals surface area contributed by atoms with E-state index in [0.717, 1.165) is 5.56 Å². The van der Waals surface area contributed by atoms with Gasteiger partial charge in [-0.15, -0.1) is 0 Å². The number of rotatable bonds is 2. The number of pyridine rings is 1. The molecule has 0 amide bonds. The minimum atomic E-state index is 0.127. The van der Waals surface area contributed by atoms with Gasteiger partial charge in [0.15, 0.2) is 0 Å². The van der Waals surface area contributed by atoms with Gasteiger partial charge in [-0.1, -0.05) is 19.3 Å². The maximum absolute atomic E-state index is 9.03. The highest BCUT2D eigenvalue weighted by atomic mass is 16.3. The summed E-state index contributed by atoms with van der Waals surface area (Å²) in [7, 11) is 0. The van der Waals surface area contributed by atoms with Crippen LogP contribution in [-0.2, 0) is 6.61 Å². The lowest BCUT2D eigenvalue weighted by Gasteiger charge is -2.21. The summed E-state index contributed by atoms with van der Waals surface area (Å²) in [6.07, 6.45) is 8.38. The third-order valence-electron chi connectivity index (χ3n) is 3.05. The van der Waals surface area contributed by atoms with Crippen LogP contribution < -0.4 is 0 Å². The SMILES string of the molecule is OCc1ccnc(C2CCCCC2)c1. The standard InChI is InChI=1S/C12H17NO/c14-9-10-6-7-13-12(8-10)11-4-2-1-3-5-11/h6-8,11,14H,1-5,9H2. The summed E-state index contributed by atoms with van der Waals surface area (Å²) >= 11 is 0. The molecule has 0 bridgehead atoms. The zero-order valence-corrected chi connectivity index (χ0v) is 8.45. The fourth-order valence-electron chi connectivity index (χ4n) is 2.21. The highest BCUT2D eigenvalue weighted by Crippen LogP contribution is 2.31. The van der Waals surface area contributed by atoms with Crippen LogP contribution in [0.2, 0.25) is 0 Å². The molecular weight excluding hydrogens is 174 g/mol. The lowest BCUT2D eigenvalue weighted by Crippen LogP contribution is -2.06. The van der Waals surface area contributed by atoms with Crippen molar-refractivity contribution in [3.05, 3.63) is 29.6 Å². The Labute approximate surface area is 85.0 Å². The molecule has 76 valence electrons. The predicted molar refractivity (Wildman–Crippen MR) is 56.0 cm³/mol. The average Bonchev–Trinajstić information content (AvgIpc) is 2.30. The van der Waals surface area contributed by atoms with Crippen molar-refractivity contribution >= 4 is 0 Å². The Balaban J connectivity index is 2.13. The fraction of sp³-hybridized carbons (Fsp3) is 0.583. The van der Waals surface area contributed by atoms with Gasteiger partial charge < -0.3 is 5.11 Å². The summed E-state index contributed by atoms with van der Waals surface area (Å²) in [5.74, 6) is 0.634. The Hall–Kier alpha value is -0.890. The first-order valence-electron chi connectivity index (χ1n) is 5.46. The Bertz CT molecular complexity index is 292. The van der Waals surface area contributed by atoms with Crippen molar-refractivity contribution in [2.75, 3.05) is 0 Å². The largest absolute Gasteiger partial charge is 0.392 e. The van der Waals surface area contributed by atoms with Crippen molar-refractivity contribution in [3.8, 4) is 0 Å². The van der Waals surface area contributed by atoms with Crippen molar-refractivity contribution in [2.24, 2.45) is 0 Å². The van der Waals surface area contributed by atoms with Gasteiger partial charge in [-0.2, -0.15) is 0 Å². The Morgan fingerprint density at radius 3 is 2.79 bits per heavy atom. The van der Waals surface area contributed by atoms with Gasteiger partial charge in [0.25, 0.3) is 0 Å². The molecule has 1 aliphatic carbocycles. The molecule has 1 fully saturated rings. The van der Waals surface area contributed by atoms with Gasteiger partial charge in [-0.3, -0.25) is 4.98 Å². The van der Waals surface area contributed by atoms with Crippen LogP contribution in [0.1, 0.15) is 49.3 Å². The minimum absolute atomic E-state index is 0.127. The maximum Gasteiger partial charge on any atom is 0.0683 e. The van der Waals surface area contributed by atoms with Crippen LogP contribution in [0, 0.1) is 0 Å². The second-order valence-electron chi connectivity index (χ2n) is 4.08. The van der Waals surface area contributed by atoms with E-state index in [2.05, 4.69) is 11.1 Å². The van der Waals surface area contributed by atoms with E-state index in [-0.39, 0.29) is 6.61 Å². The molecule has 1 aromatic rings. The molecule has 1 saturated carbocycles. The van der Waals surface area contributed by atoms with Crippen molar-refractivity contribution in [1.82, 2.24) is 4.98 Å².